The summed E-state index contributed by atoms with van der Waals surface area (Å²) in [7, 11) is 0. The van der Waals surface area contributed by atoms with Crippen LogP contribution in [0.1, 0.15) is 87.0 Å². The van der Waals surface area contributed by atoms with Gasteiger partial charge in [0.05, 0.1) is 0 Å². The molecule has 0 saturated heterocycles. The van der Waals surface area contributed by atoms with Gasteiger partial charge in [0.1, 0.15) is 0 Å². The topological polar surface area (TPSA) is 3.24 Å². The fourth-order valence-electron chi connectivity index (χ4n) is 3.36. The van der Waals surface area contributed by atoms with Gasteiger partial charge in [0.2, 0.25) is 0 Å². The van der Waals surface area contributed by atoms with E-state index < -0.39 is 0 Å². The largest absolute Gasteiger partial charge is 0.304 e. The highest BCUT2D eigenvalue weighted by Crippen LogP contribution is 2.33. The summed E-state index contributed by atoms with van der Waals surface area (Å²) in [4.78, 5) is 2.55. The first kappa shape index (κ1) is 20.0. The highest BCUT2D eigenvalue weighted by Gasteiger charge is 2.21. The lowest BCUT2D eigenvalue weighted by atomic mass is 9.77. The summed E-state index contributed by atoms with van der Waals surface area (Å²) < 4.78 is 0. The molecule has 1 heteroatoms. The lowest BCUT2D eigenvalue weighted by Gasteiger charge is -2.30. The molecule has 0 amide bonds. The molecular formula is C19H41N. The van der Waals surface area contributed by atoms with Gasteiger partial charge in [-0.2, -0.15) is 0 Å². The van der Waals surface area contributed by atoms with E-state index >= 15 is 0 Å². The van der Waals surface area contributed by atoms with Gasteiger partial charge >= 0.3 is 0 Å². The quantitative estimate of drug-likeness (QED) is 0.425. The number of hydrogen-bond donors (Lipinski definition) is 0. The number of rotatable bonds is 12. The summed E-state index contributed by atoms with van der Waals surface area (Å²) >= 11 is 0. The molecule has 0 aromatic heterocycles. The summed E-state index contributed by atoms with van der Waals surface area (Å²) in [6.07, 6.45) is 8.26. The van der Waals surface area contributed by atoms with Gasteiger partial charge in [-0.05, 0) is 56.1 Å². The molecule has 0 radical (unpaired) electrons. The fraction of sp³-hybridized carbons (Fsp3) is 1.00. The summed E-state index contributed by atoms with van der Waals surface area (Å²) in [6, 6.07) is 0. The van der Waals surface area contributed by atoms with E-state index in [1.807, 2.05) is 0 Å². The first-order valence-corrected chi connectivity index (χ1v) is 9.06. The molecule has 0 aromatic carbocycles. The van der Waals surface area contributed by atoms with Crippen molar-refractivity contribution >= 4 is 0 Å². The molecule has 0 fully saturated rings. The maximum atomic E-state index is 2.55. The SMILES string of the molecule is CCCC(C)CC(C)(C)CCC(C)CCN(CC)CC. The molecule has 0 bridgehead atoms. The number of nitrogens with zero attached hydrogens (tertiary/aromatic N) is 1. The fourth-order valence-corrected chi connectivity index (χ4v) is 3.36. The summed E-state index contributed by atoms with van der Waals surface area (Å²) in [5.74, 6) is 1.76. The highest BCUT2D eigenvalue weighted by atomic mass is 15.1. The zero-order valence-electron chi connectivity index (χ0n) is 15.5. The van der Waals surface area contributed by atoms with Crippen LogP contribution in [-0.4, -0.2) is 24.5 Å². The Labute approximate surface area is 129 Å². The Balaban J connectivity index is 3.93. The van der Waals surface area contributed by atoms with E-state index in [0.29, 0.717) is 5.41 Å². The van der Waals surface area contributed by atoms with Crippen LogP contribution in [0.25, 0.3) is 0 Å². The molecule has 0 aliphatic carbocycles. The zero-order chi connectivity index (χ0) is 15.6. The van der Waals surface area contributed by atoms with Gasteiger partial charge in [-0.3, -0.25) is 0 Å². The Morgan fingerprint density at radius 2 is 1.45 bits per heavy atom. The van der Waals surface area contributed by atoms with Crippen LogP contribution >= 0.6 is 0 Å². The Morgan fingerprint density at radius 3 is 1.95 bits per heavy atom. The molecule has 0 spiro atoms. The maximum absolute atomic E-state index is 2.55. The van der Waals surface area contributed by atoms with Crippen molar-refractivity contribution in [3.05, 3.63) is 0 Å². The van der Waals surface area contributed by atoms with E-state index in [-0.39, 0.29) is 0 Å². The molecule has 2 atom stereocenters. The Bertz CT molecular complexity index is 218. The first-order valence-electron chi connectivity index (χ1n) is 9.06. The van der Waals surface area contributed by atoms with E-state index in [0.717, 1.165) is 11.8 Å². The Hall–Kier alpha value is -0.0400. The van der Waals surface area contributed by atoms with Crippen LogP contribution in [-0.2, 0) is 0 Å². The normalized spacial score (nSPS) is 15.6. The summed E-state index contributed by atoms with van der Waals surface area (Å²) in [6.45, 7) is 20.3. The second-order valence-electron chi connectivity index (χ2n) is 7.72. The molecule has 0 rings (SSSR count). The third-order valence-electron chi connectivity index (χ3n) is 4.83. The van der Waals surface area contributed by atoms with Crippen LogP contribution in [0.5, 0.6) is 0 Å². The summed E-state index contributed by atoms with van der Waals surface area (Å²) in [5.41, 5.74) is 0.526. The van der Waals surface area contributed by atoms with Crippen molar-refractivity contribution in [1.82, 2.24) is 4.90 Å². The standard InChI is InChI=1S/C19H41N/c1-8-11-18(5)16-19(6,7)14-12-17(4)13-15-20(9-2)10-3/h17-18H,8-16H2,1-7H3. The monoisotopic (exact) mass is 283 g/mol. The van der Waals surface area contributed by atoms with E-state index in [2.05, 4.69) is 53.4 Å². The molecule has 20 heavy (non-hydrogen) atoms. The van der Waals surface area contributed by atoms with Crippen LogP contribution < -0.4 is 0 Å². The van der Waals surface area contributed by atoms with Crippen LogP contribution in [0, 0.1) is 17.3 Å². The van der Waals surface area contributed by atoms with Gasteiger partial charge in [-0.1, -0.05) is 67.7 Å². The Kier molecular flexibility index (Phi) is 10.6. The average molecular weight is 284 g/mol. The minimum Gasteiger partial charge on any atom is -0.304 e. The maximum Gasteiger partial charge on any atom is -0.00164 e. The van der Waals surface area contributed by atoms with Crippen LogP contribution in [0.2, 0.25) is 0 Å². The van der Waals surface area contributed by atoms with Gasteiger partial charge in [0.25, 0.3) is 0 Å². The van der Waals surface area contributed by atoms with Crippen molar-refractivity contribution in [2.45, 2.75) is 87.0 Å². The smallest absolute Gasteiger partial charge is 0.00164 e. The molecule has 0 heterocycles. The average Bonchev–Trinajstić information content (AvgIpc) is 2.37. The highest BCUT2D eigenvalue weighted by molar-refractivity contribution is 4.73. The predicted molar refractivity (Wildman–Crippen MR) is 93.3 cm³/mol. The van der Waals surface area contributed by atoms with E-state index in [9.17, 15) is 0 Å². The van der Waals surface area contributed by atoms with Crippen molar-refractivity contribution in [3.8, 4) is 0 Å². The molecule has 0 N–H and O–H groups in total. The Morgan fingerprint density at radius 1 is 0.850 bits per heavy atom. The van der Waals surface area contributed by atoms with Crippen molar-refractivity contribution in [2.24, 2.45) is 17.3 Å². The van der Waals surface area contributed by atoms with E-state index in [4.69, 9.17) is 0 Å². The van der Waals surface area contributed by atoms with Gasteiger partial charge in [0.15, 0.2) is 0 Å². The van der Waals surface area contributed by atoms with Gasteiger partial charge < -0.3 is 4.90 Å². The molecule has 2 unspecified atom stereocenters. The van der Waals surface area contributed by atoms with Crippen molar-refractivity contribution in [2.75, 3.05) is 19.6 Å². The zero-order valence-corrected chi connectivity index (χ0v) is 15.5. The second-order valence-corrected chi connectivity index (χ2v) is 7.72. The summed E-state index contributed by atoms with van der Waals surface area (Å²) in [5, 5.41) is 0. The lowest BCUT2D eigenvalue weighted by molar-refractivity contribution is 0.218. The first-order chi connectivity index (χ1) is 9.34. The number of hydrogen-bond acceptors (Lipinski definition) is 1. The van der Waals surface area contributed by atoms with E-state index in [1.165, 1.54) is 58.2 Å². The molecule has 0 aliphatic heterocycles. The molecule has 122 valence electrons. The van der Waals surface area contributed by atoms with Gasteiger partial charge in [0, 0.05) is 0 Å². The second kappa shape index (κ2) is 10.7. The van der Waals surface area contributed by atoms with Crippen molar-refractivity contribution < 1.29 is 0 Å². The third kappa shape index (κ3) is 9.80. The van der Waals surface area contributed by atoms with Crippen molar-refractivity contribution in [1.29, 1.82) is 0 Å². The van der Waals surface area contributed by atoms with Crippen LogP contribution in [0.15, 0.2) is 0 Å². The molecular weight excluding hydrogens is 242 g/mol. The molecule has 0 saturated carbocycles. The van der Waals surface area contributed by atoms with Crippen LogP contribution in [0.3, 0.4) is 0 Å². The molecule has 0 aromatic rings. The lowest BCUT2D eigenvalue weighted by Crippen LogP contribution is -2.25. The van der Waals surface area contributed by atoms with Gasteiger partial charge in [-0.25, -0.2) is 0 Å². The molecule has 1 nitrogen and oxygen atoms in total. The van der Waals surface area contributed by atoms with Gasteiger partial charge in [-0.15, -0.1) is 0 Å². The third-order valence-corrected chi connectivity index (χ3v) is 4.83. The van der Waals surface area contributed by atoms with E-state index in [1.54, 1.807) is 0 Å². The van der Waals surface area contributed by atoms with Crippen molar-refractivity contribution in [3.63, 3.8) is 0 Å². The molecule has 0 aliphatic rings. The minimum absolute atomic E-state index is 0.526. The predicted octanol–water partition coefficient (Wildman–Crippen LogP) is 5.99. The minimum atomic E-state index is 0.526. The van der Waals surface area contributed by atoms with Crippen LogP contribution in [0.4, 0.5) is 0 Å².